The van der Waals surface area contributed by atoms with E-state index in [2.05, 4.69) is 47.0 Å². The first-order chi connectivity index (χ1) is 18.3. The standard InChI is InChI=1S/C14H16BrFN4.C14H17FN4.CH4/c1-5-10-18-19-13-14(3,4)17-11-9(16)6-8(15)7(2)12(11)20(10)13;1-5-10-17-18-13-14(3,4)16-11-9(15)7-6-8(2)12(11)19(10)13;/h6,17H,5H2,1-4H3;6-7,16H,5H2,1-4H3;1H4. The highest BCUT2D eigenvalue weighted by atomic mass is 79.9. The van der Waals surface area contributed by atoms with Crippen LogP contribution in [-0.2, 0) is 23.9 Å². The summed E-state index contributed by atoms with van der Waals surface area (Å²) in [6.45, 7) is 15.9. The van der Waals surface area contributed by atoms with Gasteiger partial charge in [0.05, 0.1) is 33.8 Å². The van der Waals surface area contributed by atoms with Crippen molar-refractivity contribution in [2.24, 2.45) is 0 Å². The van der Waals surface area contributed by atoms with Gasteiger partial charge in [0, 0.05) is 17.3 Å². The number of fused-ring (bicyclic) bond motifs is 6. The Bertz CT molecular complexity index is 1600. The Kier molecular flexibility index (Phi) is 7.59. The Labute approximate surface area is 242 Å². The molecule has 0 bridgehead atoms. The van der Waals surface area contributed by atoms with E-state index in [9.17, 15) is 8.78 Å². The van der Waals surface area contributed by atoms with E-state index < -0.39 is 11.1 Å². The molecule has 4 heterocycles. The van der Waals surface area contributed by atoms with Crippen molar-refractivity contribution in [3.8, 4) is 11.4 Å². The molecule has 0 unspecified atom stereocenters. The Morgan fingerprint density at radius 3 is 1.75 bits per heavy atom. The molecule has 0 radical (unpaired) electrons. The third-order valence-corrected chi connectivity index (χ3v) is 8.13. The van der Waals surface area contributed by atoms with Crippen LogP contribution in [0, 0.1) is 25.5 Å². The zero-order valence-corrected chi connectivity index (χ0v) is 25.0. The van der Waals surface area contributed by atoms with Crippen molar-refractivity contribution < 1.29 is 8.78 Å². The van der Waals surface area contributed by atoms with Crippen LogP contribution in [0.25, 0.3) is 11.4 Å². The number of aromatic nitrogens is 6. The Balaban J connectivity index is 0.000000181. The lowest BCUT2D eigenvalue weighted by Gasteiger charge is -2.35. The van der Waals surface area contributed by atoms with Gasteiger partial charge in [-0.3, -0.25) is 9.13 Å². The van der Waals surface area contributed by atoms with Crippen LogP contribution >= 0.6 is 15.9 Å². The van der Waals surface area contributed by atoms with E-state index >= 15 is 0 Å². The van der Waals surface area contributed by atoms with Gasteiger partial charge in [0.1, 0.15) is 23.3 Å². The summed E-state index contributed by atoms with van der Waals surface area (Å²) in [6, 6.07) is 4.79. The number of rotatable bonds is 2. The number of hydrogen-bond donors (Lipinski definition) is 2. The largest absolute Gasteiger partial charge is 0.369 e. The molecule has 214 valence electrons. The number of anilines is 2. The van der Waals surface area contributed by atoms with E-state index in [1.165, 1.54) is 12.1 Å². The van der Waals surface area contributed by atoms with Gasteiger partial charge in [-0.25, -0.2) is 8.78 Å². The van der Waals surface area contributed by atoms with E-state index in [4.69, 9.17) is 0 Å². The van der Waals surface area contributed by atoms with Crippen LogP contribution in [-0.4, -0.2) is 29.5 Å². The molecular formula is C29H37BrF2N8. The molecule has 0 spiro atoms. The minimum Gasteiger partial charge on any atom is -0.369 e. The van der Waals surface area contributed by atoms with Gasteiger partial charge in [-0.2, -0.15) is 0 Å². The highest BCUT2D eigenvalue weighted by Crippen LogP contribution is 2.42. The van der Waals surface area contributed by atoms with Gasteiger partial charge in [0.2, 0.25) is 0 Å². The van der Waals surface area contributed by atoms with Gasteiger partial charge >= 0.3 is 0 Å². The normalized spacial score (nSPS) is 15.2. The van der Waals surface area contributed by atoms with Crippen LogP contribution in [0.1, 0.15) is 83.4 Å². The predicted octanol–water partition coefficient (Wildman–Crippen LogP) is 7.27. The van der Waals surface area contributed by atoms with Crippen LogP contribution in [0.4, 0.5) is 20.2 Å². The molecule has 2 aliphatic rings. The molecule has 0 aliphatic carbocycles. The second kappa shape index (κ2) is 10.2. The van der Waals surface area contributed by atoms with E-state index in [0.717, 1.165) is 63.1 Å². The summed E-state index contributed by atoms with van der Waals surface area (Å²) < 4.78 is 33.2. The van der Waals surface area contributed by atoms with Crippen molar-refractivity contribution in [3.63, 3.8) is 0 Å². The van der Waals surface area contributed by atoms with Crippen molar-refractivity contribution in [2.75, 3.05) is 10.6 Å². The summed E-state index contributed by atoms with van der Waals surface area (Å²) in [6.07, 6.45) is 1.51. The smallest absolute Gasteiger partial charge is 0.162 e. The van der Waals surface area contributed by atoms with Crippen molar-refractivity contribution in [2.45, 2.75) is 86.7 Å². The Morgan fingerprint density at radius 1 is 0.775 bits per heavy atom. The summed E-state index contributed by atoms with van der Waals surface area (Å²) in [5, 5.41) is 23.5. The first-order valence-electron chi connectivity index (χ1n) is 13.1. The molecule has 0 fully saturated rings. The number of benzene rings is 2. The van der Waals surface area contributed by atoms with Crippen LogP contribution in [0.2, 0.25) is 0 Å². The van der Waals surface area contributed by atoms with E-state index in [-0.39, 0.29) is 19.1 Å². The summed E-state index contributed by atoms with van der Waals surface area (Å²) >= 11 is 3.42. The van der Waals surface area contributed by atoms with Crippen LogP contribution in [0.5, 0.6) is 0 Å². The van der Waals surface area contributed by atoms with Crippen molar-refractivity contribution >= 4 is 27.3 Å². The molecule has 0 saturated carbocycles. The molecule has 0 amide bonds. The van der Waals surface area contributed by atoms with Crippen LogP contribution in [0.15, 0.2) is 22.7 Å². The van der Waals surface area contributed by atoms with E-state index in [1.54, 1.807) is 6.07 Å². The highest BCUT2D eigenvalue weighted by molar-refractivity contribution is 9.10. The lowest BCUT2D eigenvalue weighted by molar-refractivity contribution is 0.520. The number of aryl methyl sites for hydroxylation is 3. The number of halogens is 3. The molecular weight excluding hydrogens is 578 g/mol. The average Bonchev–Trinajstić information content (AvgIpc) is 3.51. The molecule has 11 heteroatoms. The van der Waals surface area contributed by atoms with Crippen LogP contribution in [0.3, 0.4) is 0 Å². The van der Waals surface area contributed by atoms with Gasteiger partial charge < -0.3 is 10.6 Å². The Hall–Kier alpha value is -3.34. The molecule has 40 heavy (non-hydrogen) atoms. The second-order valence-electron chi connectivity index (χ2n) is 11.0. The third-order valence-electron chi connectivity index (χ3n) is 7.30. The van der Waals surface area contributed by atoms with Crippen molar-refractivity contribution in [3.05, 3.63) is 68.7 Å². The predicted molar refractivity (Wildman–Crippen MR) is 159 cm³/mol. The van der Waals surface area contributed by atoms with Gasteiger partial charge in [-0.15, -0.1) is 20.4 Å². The molecule has 2 N–H and O–H groups in total. The molecule has 2 aromatic heterocycles. The fraction of sp³-hybridized carbons (Fsp3) is 0.448. The van der Waals surface area contributed by atoms with Gasteiger partial charge in [0.25, 0.3) is 0 Å². The summed E-state index contributed by atoms with van der Waals surface area (Å²) in [5.74, 6) is 2.82. The summed E-state index contributed by atoms with van der Waals surface area (Å²) in [4.78, 5) is 0. The van der Waals surface area contributed by atoms with Gasteiger partial charge in [0.15, 0.2) is 11.6 Å². The molecule has 0 atom stereocenters. The minimum absolute atomic E-state index is 0. The molecule has 2 aliphatic heterocycles. The number of nitrogens with zero attached hydrogens (tertiary/aromatic N) is 6. The SMILES string of the molecule is C.CCc1nnc2n1-c1c(C)c(Br)cc(F)c1NC2(C)C.CCc1nnc2n1-c1c(C)ccc(F)c1NC2(C)C. The minimum atomic E-state index is -0.464. The summed E-state index contributed by atoms with van der Waals surface area (Å²) in [7, 11) is 0. The maximum absolute atomic E-state index is 14.3. The van der Waals surface area contributed by atoms with Gasteiger partial charge in [-0.1, -0.05) is 43.3 Å². The first kappa shape index (κ1) is 29.6. The maximum Gasteiger partial charge on any atom is 0.162 e. The van der Waals surface area contributed by atoms with Crippen LogP contribution < -0.4 is 10.6 Å². The number of hydrogen-bond acceptors (Lipinski definition) is 6. The second-order valence-corrected chi connectivity index (χ2v) is 11.9. The summed E-state index contributed by atoms with van der Waals surface area (Å²) in [5.41, 5.74) is 3.75. The quantitative estimate of drug-likeness (QED) is 0.247. The molecule has 0 saturated heterocycles. The van der Waals surface area contributed by atoms with E-state index in [1.807, 2.05) is 64.5 Å². The average molecular weight is 616 g/mol. The monoisotopic (exact) mass is 614 g/mol. The zero-order chi connectivity index (χ0) is 28.4. The zero-order valence-electron chi connectivity index (χ0n) is 23.5. The fourth-order valence-corrected chi connectivity index (χ4v) is 5.68. The topological polar surface area (TPSA) is 85.5 Å². The fourth-order valence-electron chi connectivity index (χ4n) is 5.29. The molecule has 2 aromatic carbocycles. The molecule has 4 aromatic rings. The number of nitrogens with one attached hydrogen (secondary N) is 2. The highest BCUT2D eigenvalue weighted by Gasteiger charge is 2.38. The van der Waals surface area contributed by atoms with Crippen molar-refractivity contribution in [1.29, 1.82) is 0 Å². The maximum atomic E-state index is 14.3. The molecule has 8 nitrogen and oxygen atoms in total. The Morgan fingerprint density at radius 2 is 1.25 bits per heavy atom. The first-order valence-corrected chi connectivity index (χ1v) is 13.9. The lowest BCUT2D eigenvalue weighted by atomic mass is 9.98. The van der Waals surface area contributed by atoms with E-state index in [0.29, 0.717) is 11.4 Å². The molecule has 6 rings (SSSR count). The van der Waals surface area contributed by atoms with Crippen molar-refractivity contribution in [1.82, 2.24) is 29.5 Å². The van der Waals surface area contributed by atoms with Gasteiger partial charge in [-0.05, 0) is 64.8 Å². The third kappa shape index (κ3) is 4.48. The lowest BCUT2D eigenvalue weighted by Crippen LogP contribution is -2.37.